The summed E-state index contributed by atoms with van der Waals surface area (Å²) in [6, 6.07) is 10.6. The van der Waals surface area contributed by atoms with Gasteiger partial charge in [0.15, 0.2) is 0 Å². The minimum Gasteiger partial charge on any atom is -0.495 e. The Morgan fingerprint density at radius 2 is 1.80 bits per heavy atom. The molecular formula is C33H32F3N7O2. The molecule has 1 fully saturated rings. The zero-order chi connectivity index (χ0) is 31.9. The van der Waals surface area contributed by atoms with Crippen molar-refractivity contribution in [3.63, 3.8) is 0 Å². The summed E-state index contributed by atoms with van der Waals surface area (Å²) in [5.41, 5.74) is 10.3. The maximum atomic E-state index is 13.7. The standard InChI is InChI=1S/C33H32F3N7O2/c1-19-7-8-20(31(44)40-26-15-23(33(34,35)36)9-10-27(26)43-11-5-4-6-12-43)13-24(19)25-14-21-16-38-32(37)41-29(21)28(30(25)45-3)22-17-39-42(2)18-22/h7-10,13-18H,4-6,11-12H2,1-3H3,(H,40,44)(H2,37,38,41). The first kappa shape index (κ1) is 29.9. The van der Waals surface area contributed by atoms with E-state index in [2.05, 4.69) is 20.4 Å². The Morgan fingerprint density at radius 3 is 2.49 bits per heavy atom. The van der Waals surface area contributed by atoms with Crippen molar-refractivity contribution in [2.24, 2.45) is 7.05 Å². The molecule has 9 nitrogen and oxygen atoms in total. The second-order valence-corrected chi connectivity index (χ2v) is 11.2. The van der Waals surface area contributed by atoms with E-state index in [0.29, 0.717) is 52.1 Å². The summed E-state index contributed by atoms with van der Waals surface area (Å²) in [4.78, 5) is 24.4. The van der Waals surface area contributed by atoms with Crippen molar-refractivity contribution in [2.75, 3.05) is 36.1 Å². The molecule has 6 rings (SSSR count). The van der Waals surface area contributed by atoms with E-state index in [1.54, 1.807) is 49.4 Å². The Bertz CT molecular complexity index is 1910. The maximum absolute atomic E-state index is 13.7. The van der Waals surface area contributed by atoms with Crippen LogP contribution in [-0.4, -0.2) is 45.9 Å². The molecule has 0 spiro atoms. The van der Waals surface area contributed by atoms with Crippen LogP contribution in [-0.2, 0) is 13.2 Å². The van der Waals surface area contributed by atoms with Crippen molar-refractivity contribution in [3.8, 4) is 28.0 Å². The fourth-order valence-corrected chi connectivity index (χ4v) is 5.88. The summed E-state index contributed by atoms with van der Waals surface area (Å²) in [5.74, 6) is 0.0764. The van der Waals surface area contributed by atoms with Gasteiger partial charge in [-0.15, -0.1) is 0 Å². The van der Waals surface area contributed by atoms with Gasteiger partial charge in [-0.05, 0) is 73.7 Å². The van der Waals surface area contributed by atoms with Gasteiger partial charge in [0.1, 0.15) is 5.75 Å². The second kappa shape index (κ2) is 11.8. The highest BCUT2D eigenvalue weighted by Crippen LogP contribution is 2.45. The van der Waals surface area contributed by atoms with Crippen molar-refractivity contribution >= 4 is 34.1 Å². The molecule has 0 saturated carbocycles. The van der Waals surface area contributed by atoms with Gasteiger partial charge in [0.05, 0.1) is 41.3 Å². The minimum absolute atomic E-state index is 0.107. The van der Waals surface area contributed by atoms with E-state index in [4.69, 9.17) is 10.5 Å². The number of aromatic nitrogens is 4. The molecule has 3 heterocycles. The Morgan fingerprint density at radius 1 is 1.02 bits per heavy atom. The first-order valence-electron chi connectivity index (χ1n) is 14.5. The third-order valence-corrected chi connectivity index (χ3v) is 8.10. The Labute approximate surface area is 257 Å². The van der Waals surface area contributed by atoms with Gasteiger partial charge in [-0.3, -0.25) is 9.48 Å². The van der Waals surface area contributed by atoms with Gasteiger partial charge in [-0.2, -0.15) is 18.3 Å². The van der Waals surface area contributed by atoms with Crippen molar-refractivity contribution in [1.29, 1.82) is 0 Å². The number of nitrogens with zero attached hydrogens (tertiary/aromatic N) is 5. The Balaban J connectivity index is 1.45. The van der Waals surface area contributed by atoms with Gasteiger partial charge in [0.2, 0.25) is 5.95 Å². The number of aryl methyl sites for hydroxylation is 2. The lowest BCUT2D eigenvalue weighted by Gasteiger charge is -2.31. The molecule has 0 aliphatic carbocycles. The van der Waals surface area contributed by atoms with E-state index in [0.717, 1.165) is 42.5 Å². The zero-order valence-corrected chi connectivity index (χ0v) is 25.1. The number of carbonyl (C=O) groups excluding carboxylic acids is 1. The van der Waals surface area contributed by atoms with E-state index in [9.17, 15) is 18.0 Å². The number of hydrogen-bond donors (Lipinski definition) is 2. The number of benzene rings is 3. The topological polar surface area (TPSA) is 111 Å². The largest absolute Gasteiger partial charge is 0.495 e. The average Bonchev–Trinajstić information content (AvgIpc) is 3.45. The minimum atomic E-state index is -4.55. The number of anilines is 3. The fraction of sp³-hybridized carbons (Fsp3) is 0.273. The Kier molecular flexibility index (Phi) is 7.81. The molecule has 5 aromatic rings. The third kappa shape index (κ3) is 5.87. The number of amides is 1. The Hall–Kier alpha value is -5.13. The summed E-state index contributed by atoms with van der Waals surface area (Å²) in [7, 11) is 3.36. The summed E-state index contributed by atoms with van der Waals surface area (Å²) < 4.78 is 48.7. The number of nitrogen functional groups attached to an aromatic ring is 1. The monoisotopic (exact) mass is 615 g/mol. The first-order valence-corrected chi connectivity index (χ1v) is 14.5. The average molecular weight is 616 g/mol. The van der Waals surface area contributed by atoms with E-state index in [1.165, 1.54) is 6.07 Å². The SMILES string of the molecule is COc1c(-c2cc(C(=O)Nc3cc(C(F)(F)F)ccc3N3CCCCC3)ccc2C)cc2cnc(N)nc2c1-c1cnn(C)c1. The number of ether oxygens (including phenoxy) is 1. The predicted molar refractivity (Wildman–Crippen MR) is 168 cm³/mol. The van der Waals surface area contributed by atoms with Crippen LogP contribution in [0.3, 0.4) is 0 Å². The number of piperidine rings is 1. The summed E-state index contributed by atoms with van der Waals surface area (Å²) in [6.45, 7) is 3.32. The summed E-state index contributed by atoms with van der Waals surface area (Å²) in [6.07, 6.45) is 3.54. The van der Waals surface area contributed by atoms with E-state index in [-0.39, 0.29) is 17.2 Å². The molecule has 232 valence electrons. The lowest BCUT2D eigenvalue weighted by molar-refractivity contribution is -0.137. The molecule has 12 heteroatoms. The van der Waals surface area contributed by atoms with Crippen LogP contribution in [0, 0.1) is 6.92 Å². The summed E-state index contributed by atoms with van der Waals surface area (Å²) in [5, 5.41) is 7.80. The van der Waals surface area contributed by atoms with Crippen LogP contribution >= 0.6 is 0 Å². The normalized spacial score (nSPS) is 13.7. The van der Waals surface area contributed by atoms with E-state index in [1.807, 2.05) is 24.1 Å². The third-order valence-electron chi connectivity index (χ3n) is 8.10. The van der Waals surface area contributed by atoms with E-state index >= 15 is 0 Å². The highest BCUT2D eigenvalue weighted by molar-refractivity contribution is 6.08. The molecule has 2 aromatic heterocycles. The van der Waals surface area contributed by atoms with Crippen LogP contribution in [0.15, 0.2) is 61.1 Å². The fourth-order valence-electron chi connectivity index (χ4n) is 5.88. The number of fused-ring (bicyclic) bond motifs is 1. The molecule has 1 aliphatic rings. The maximum Gasteiger partial charge on any atom is 0.416 e. The molecule has 45 heavy (non-hydrogen) atoms. The number of nitrogens with two attached hydrogens (primary N) is 1. The molecule has 0 radical (unpaired) electrons. The summed E-state index contributed by atoms with van der Waals surface area (Å²) >= 11 is 0. The lowest BCUT2D eigenvalue weighted by atomic mass is 9.92. The van der Waals surface area contributed by atoms with Crippen LogP contribution < -0.4 is 20.7 Å². The lowest BCUT2D eigenvalue weighted by Crippen LogP contribution is -2.30. The van der Waals surface area contributed by atoms with Crippen LogP contribution in [0.25, 0.3) is 33.2 Å². The van der Waals surface area contributed by atoms with Crippen molar-refractivity contribution < 1.29 is 22.7 Å². The molecular weight excluding hydrogens is 583 g/mol. The highest BCUT2D eigenvalue weighted by atomic mass is 19.4. The number of carbonyl (C=O) groups is 1. The molecule has 0 unspecified atom stereocenters. The van der Waals surface area contributed by atoms with Gasteiger partial charge in [-0.25, -0.2) is 9.97 Å². The molecule has 1 aliphatic heterocycles. The van der Waals surface area contributed by atoms with Gasteiger partial charge in [-0.1, -0.05) is 6.07 Å². The van der Waals surface area contributed by atoms with E-state index < -0.39 is 17.6 Å². The molecule has 3 N–H and O–H groups in total. The van der Waals surface area contributed by atoms with Crippen molar-refractivity contribution in [3.05, 3.63) is 77.7 Å². The van der Waals surface area contributed by atoms with Crippen LogP contribution in [0.4, 0.5) is 30.5 Å². The molecule has 0 atom stereocenters. The van der Waals surface area contributed by atoms with Gasteiger partial charge >= 0.3 is 6.18 Å². The van der Waals surface area contributed by atoms with Gasteiger partial charge in [0, 0.05) is 54.6 Å². The second-order valence-electron chi connectivity index (χ2n) is 11.2. The van der Waals surface area contributed by atoms with Crippen LogP contribution in [0.5, 0.6) is 5.75 Å². The number of alkyl halides is 3. The van der Waals surface area contributed by atoms with Crippen molar-refractivity contribution in [1.82, 2.24) is 19.7 Å². The zero-order valence-electron chi connectivity index (χ0n) is 25.1. The molecule has 3 aromatic carbocycles. The van der Waals surface area contributed by atoms with Gasteiger partial charge < -0.3 is 20.7 Å². The number of nitrogens with one attached hydrogen (secondary N) is 1. The molecule has 0 bridgehead atoms. The predicted octanol–water partition coefficient (Wildman–Crippen LogP) is 6.86. The molecule has 1 saturated heterocycles. The van der Waals surface area contributed by atoms with Crippen LogP contribution in [0.2, 0.25) is 0 Å². The van der Waals surface area contributed by atoms with Gasteiger partial charge in [0.25, 0.3) is 5.91 Å². The van der Waals surface area contributed by atoms with Crippen molar-refractivity contribution in [2.45, 2.75) is 32.4 Å². The smallest absolute Gasteiger partial charge is 0.416 e. The quantitative estimate of drug-likeness (QED) is 0.215. The molecule has 1 amide bonds. The number of methoxy groups -OCH3 is 1. The number of hydrogen-bond acceptors (Lipinski definition) is 7. The highest BCUT2D eigenvalue weighted by Gasteiger charge is 2.32. The number of rotatable bonds is 6. The van der Waals surface area contributed by atoms with Crippen LogP contribution in [0.1, 0.15) is 40.7 Å². The first-order chi connectivity index (χ1) is 21.5. The number of halogens is 3.